The monoisotopic (exact) mass is 302 g/mol. The van der Waals surface area contributed by atoms with Crippen LogP contribution in [0.3, 0.4) is 0 Å². The zero-order valence-corrected chi connectivity index (χ0v) is 11.6. The summed E-state index contributed by atoms with van der Waals surface area (Å²) in [5, 5.41) is 6.16. The van der Waals surface area contributed by atoms with Crippen molar-refractivity contribution in [1.82, 2.24) is 10.5 Å². The average Bonchev–Trinajstić information content (AvgIpc) is 3.26. The fourth-order valence-electron chi connectivity index (χ4n) is 1.71. The van der Waals surface area contributed by atoms with Crippen molar-refractivity contribution < 1.29 is 18.5 Å². The molecule has 0 saturated carbocycles. The second kappa shape index (κ2) is 5.76. The fourth-order valence-corrected chi connectivity index (χ4v) is 2.60. The number of hydrogen-bond donors (Lipinski definition) is 1. The summed E-state index contributed by atoms with van der Waals surface area (Å²) in [4.78, 5) is 25.2. The molecule has 106 valence electrons. The first-order valence-electron chi connectivity index (χ1n) is 6.10. The number of nitrogens with zero attached hydrogens (tertiary/aromatic N) is 1. The van der Waals surface area contributed by atoms with Gasteiger partial charge in [0.05, 0.1) is 23.9 Å². The van der Waals surface area contributed by atoms with E-state index in [0.717, 1.165) is 4.88 Å². The highest BCUT2D eigenvalue weighted by Gasteiger charge is 2.15. The quantitative estimate of drug-likeness (QED) is 0.732. The Morgan fingerprint density at radius 1 is 1.19 bits per heavy atom. The van der Waals surface area contributed by atoms with Gasteiger partial charge in [0.1, 0.15) is 0 Å². The van der Waals surface area contributed by atoms with Crippen LogP contribution in [-0.4, -0.2) is 16.8 Å². The van der Waals surface area contributed by atoms with E-state index in [1.165, 1.54) is 29.9 Å². The smallest absolute Gasteiger partial charge is 0.290 e. The van der Waals surface area contributed by atoms with Gasteiger partial charge >= 0.3 is 0 Å². The van der Waals surface area contributed by atoms with E-state index >= 15 is 0 Å². The van der Waals surface area contributed by atoms with Gasteiger partial charge in [-0.25, -0.2) is 0 Å². The highest BCUT2D eigenvalue weighted by molar-refractivity contribution is 7.14. The molecule has 0 radical (unpaired) electrons. The van der Waals surface area contributed by atoms with Crippen LogP contribution < -0.4 is 5.32 Å². The summed E-state index contributed by atoms with van der Waals surface area (Å²) in [6, 6.07) is 8.27. The molecule has 6 nitrogen and oxygen atoms in total. The largest absolute Gasteiger partial charge is 0.461 e. The normalized spacial score (nSPS) is 10.5. The number of carbonyl (C=O) groups excluding carboxylic acids is 2. The standard InChI is InChI=1S/C14H10N2O4S/c17-13(10-2-1-7-19-10)12-4-3-9(21-12)8-15-14(18)11-5-6-16-20-11/h1-7H,8H2,(H,15,18). The van der Waals surface area contributed by atoms with Gasteiger partial charge in [0.2, 0.25) is 11.5 Å². The molecule has 0 aliphatic rings. The fraction of sp³-hybridized carbons (Fsp3) is 0.0714. The van der Waals surface area contributed by atoms with Crippen LogP contribution in [0.4, 0.5) is 0 Å². The molecule has 0 aromatic carbocycles. The number of ketones is 1. The Morgan fingerprint density at radius 3 is 2.81 bits per heavy atom. The number of nitrogens with one attached hydrogen (secondary N) is 1. The highest BCUT2D eigenvalue weighted by Crippen LogP contribution is 2.20. The van der Waals surface area contributed by atoms with E-state index in [-0.39, 0.29) is 17.5 Å². The molecule has 0 bridgehead atoms. The predicted octanol–water partition coefficient (Wildman–Crippen LogP) is 2.49. The van der Waals surface area contributed by atoms with Gasteiger partial charge in [-0.15, -0.1) is 11.3 Å². The minimum absolute atomic E-state index is 0.151. The number of amides is 1. The molecule has 3 rings (SSSR count). The van der Waals surface area contributed by atoms with Crippen LogP contribution in [-0.2, 0) is 6.54 Å². The lowest BCUT2D eigenvalue weighted by molar-refractivity contribution is 0.0914. The zero-order chi connectivity index (χ0) is 14.7. The number of furan rings is 1. The van der Waals surface area contributed by atoms with E-state index in [2.05, 4.69) is 10.5 Å². The van der Waals surface area contributed by atoms with Crippen LogP contribution in [0.2, 0.25) is 0 Å². The first-order chi connectivity index (χ1) is 10.2. The highest BCUT2D eigenvalue weighted by atomic mass is 32.1. The minimum Gasteiger partial charge on any atom is -0.461 e. The zero-order valence-electron chi connectivity index (χ0n) is 10.7. The Kier molecular flexibility index (Phi) is 3.65. The Hall–Kier alpha value is -2.67. The molecule has 1 amide bonds. The predicted molar refractivity (Wildman–Crippen MR) is 74.1 cm³/mol. The number of thiophene rings is 1. The third kappa shape index (κ3) is 2.92. The topological polar surface area (TPSA) is 85.3 Å². The van der Waals surface area contributed by atoms with Crippen molar-refractivity contribution in [3.05, 3.63) is 64.1 Å². The number of carbonyl (C=O) groups is 2. The van der Waals surface area contributed by atoms with Crippen LogP contribution >= 0.6 is 11.3 Å². The molecule has 0 spiro atoms. The molecule has 0 aliphatic carbocycles. The third-order valence-corrected chi connectivity index (χ3v) is 3.80. The molecule has 21 heavy (non-hydrogen) atoms. The third-order valence-electron chi connectivity index (χ3n) is 2.72. The lowest BCUT2D eigenvalue weighted by Gasteiger charge is -1.99. The number of aromatic nitrogens is 1. The first-order valence-corrected chi connectivity index (χ1v) is 6.91. The summed E-state index contributed by atoms with van der Waals surface area (Å²) in [7, 11) is 0. The van der Waals surface area contributed by atoms with Gasteiger partial charge in [-0.05, 0) is 24.3 Å². The van der Waals surface area contributed by atoms with Gasteiger partial charge in [-0.1, -0.05) is 5.16 Å². The number of hydrogen-bond acceptors (Lipinski definition) is 6. The van der Waals surface area contributed by atoms with Crippen LogP contribution in [0.15, 0.2) is 51.7 Å². The Bertz CT molecular complexity index is 744. The summed E-state index contributed by atoms with van der Waals surface area (Å²) in [6.45, 7) is 0.315. The Morgan fingerprint density at radius 2 is 2.10 bits per heavy atom. The SMILES string of the molecule is O=C(NCc1ccc(C(=O)c2ccco2)s1)c1ccno1. The lowest BCUT2D eigenvalue weighted by atomic mass is 10.2. The Balaban J connectivity index is 1.63. The first kappa shape index (κ1) is 13.3. The summed E-state index contributed by atoms with van der Waals surface area (Å²) in [5.74, 6) is -0.0647. The molecule has 0 aliphatic heterocycles. The summed E-state index contributed by atoms with van der Waals surface area (Å²) in [6.07, 6.45) is 2.86. The van der Waals surface area contributed by atoms with Gasteiger partial charge in [0, 0.05) is 10.9 Å². The molecule has 0 atom stereocenters. The second-order valence-corrected chi connectivity index (χ2v) is 5.30. The second-order valence-electron chi connectivity index (χ2n) is 4.13. The average molecular weight is 302 g/mol. The van der Waals surface area contributed by atoms with Crippen molar-refractivity contribution in [2.75, 3.05) is 0 Å². The summed E-state index contributed by atoms with van der Waals surface area (Å²) in [5.41, 5.74) is 0. The van der Waals surface area contributed by atoms with Crippen molar-refractivity contribution in [3.8, 4) is 0 Å². The molecule has 7 heteroatoms. The molecular weight excluding hydrogens is 292 g/mol. The summed E-state index contributed by atoms with van der Waals surface area (Å²) >= 11 is 1.31. The van der Waals surface area contributed by atoms with E-state index in [9.17, 15) is 9.59 Å². The van der Waals surface area contributed by atoms with Crippen LogP contribution in [0, 0.1) is 0 Å². The van der Waals surface area contributed by atoms with Crippen LogP contribution in [0.25, 0.3) is 0 Å². The van der Waals surface area contributed by atoms with Crippen molar-refractivity contribution in [3.63, 3.8) is 0 Å². The van der Waals surface area contributed by atoms with Gasteiger partial charge < -0.3 is 14.3 Å². The van der Waals surface area contributed by atoms with Gasteiger partial charge in [0.25, 0.3) is 5.91 Å². The van der Waals surface area contributed by atoms with Gasteiger partial charge in [0.15, 0.2) is 5.76 Å². The van der Waals surface area contributed by atoms with Crippen LogP contribution in [0.5, 0.6) is 0 Å². The molecule has 0 unspecified atom stereocenters. The molecule has 3 aromatic rings. The molecule has 3 heterocycles. The van der Waals surface area contributed by atoms with E-state index in [1.807, 2.05) is 0 Å². The molecule has 0 fully saturated rings. The Labute approximate surface area is 123 Å². The van der Waals surface area contributed by atoms with Crippen molar-refractivity contribution >= 4 is 23.0 Å². The van der Waals surface area contributed by atoms with Crippen LogP contribution in [0.1, 0.15) is 30.9 Å². The molecule has 1 N–H and O–H groups in total. The van der Waals surface area contributed by atoms with E-state index < -0.39 is 0 Å². The minimum atomic E-state index is -0.347. The van der Waals surface area contributed by atoms with E-state index in [1.54, 1.807) is 24.3 Å². The van der Waals surface area contributed by atoms with E-state index in [0.29, 0.717) is 17.2 Å². The summed E-state index contributed by atoms with van der Waals surface area (Å²) < 4.78 is 9.83. The lowest BCUT2D eigenvalue weighted by Crippen LogP contribution is -2.21. The maximum absolute atomic E-state index is 12.1. The van der Waals surface area contributed by atoms with Crippen molar-refractivity contribution in [1.29, 1.82) is 0 Å². The molecule has 0 saturated heterocycles. The van der Waals surface area contributed by atoms with Gasteiger partial charge in [-0.3, -0.25) is 9.59 Å². The maximum Gasteiger partial charge on any atom is 0.290 e. The van der Waals surface area contributed by atoms with Crippen molar-refractivity contribution in [2.45, 2.75) is 6.54 Å². The van der Waals surface area contributed by atoms with Gasteiger partial charge in [-0.2, -0.15) is 0 Å². The number of rotatable bonds is 5. The van der Waals surface area contributed by atoms with E-state index in [4.69, 9.17) is 8.94 Å². The van der Waals surface area contributed by atoms with Crippen molar-refractivity contribution in [2.24, 2.45) is 0 Å². The molecule has 3 aromatic heterocycles. The maximum atomic E-state index is 12.1. The molecular formula is C14H10N2O4S.